The average Bonchev–Trinajstić information content (AvgIpc) is 2.94. The first-order chi connectivity index (χ1) is 10.1. The first-order valence-electron chi connectivity index (χ1n) is 6.30. The molecule has 0 bridgehead atoms. The van der Waals surface area contributed by atoms with Crippen molar-refractivity contribution in [3.8, 4) is 16.9 Å². The molecule has 0 radical (unpaired) electrons. The Morgan fingerprint density at radius 2 is 1.71 bits per heavy atom. The van der Waals surface area contributed by atoms with Gasteiger partial charge in [-0.25, -0.2) is 13.9 Å². The summed E-state index contributed by atoms with van der Waals surface area (Å²) < 4.78 is 14.3. The fourth-order valence-corrected chi connectivity index (χ4v) is 2.06. The highest BCUT2D eigenvalue weighted by Gasteiger charge is 2.16. The van der Waals surface area contributed by atoms with Crippen molar-refractivity contribution in [2.45, 2.75) is 0 Å². The fraction of sp³-hybridized carbons (Fsp3) is 0. The second-order valence-corrected chi connectivity index (χ2v) is 4.47. The second-order valence-electron chi connectivity index (χ2n) is 4.47. The van der Waals surface area contributed by atoms with E-state index in [2.05, 4.69) is 5.10 Å². The highest BCUT2D eigenvalue weighted by Crippen LogP contribution is 2.21. The summed E-state index contributed by atoms with van der Waals surface area (Å²) in [6, 6.07) is 16.3. The summed E-state index contributed by atoms with van der Waals surface area (Å²) in [4.78, 5) is 11.4. The van der Waals surface area contributed by atoms with Gasteiger partial charge in [-0.2, -0.15) is 5.10 Å². The summed E-state index contributed by atoms with van der Waals surface area (Å²) in [5.41, 5.74) is 1.90. The molecule has 104 valence electrons. The van der Waals surface area contributed by atoms with E-state index in [1.54, 1.807) is 0 Å². The van der Waals surface area contributed by atoms with Crippen molar-refractivity contribution >= 4 is 5.97 Å². The normalized spacial score (nSPS) is 10.5. The second kappa shape index (κ2) is 5.20. The molecule has 5 heteroatoms. The van der Waals surface area contributed by atoms with Crippen molar-refractivity contribution < 1.29 is 14.3 Å². The number of halogens is 1. The quantitative estimate of drug-likeness (QED) is 0.801. The maximum absolute atomic E-state index is 13.0. The minimum Gasteiger partial charge on any atom is -0.477 e. The van der Waals surface area contributed by atoms with Crippen LogP contribution in [0, 0.1) is 5.82 Å². The highest BCUT2D eigenvalue weighted by atomic mass is 19.1. The van der Waals surface area contributed by atoms with Crippen LogP contribution in [0.5, 0.6) is 0 Å². The molecule has 0 unspecified atom stereocenters. The molecular formula is C16H11FN2O2. The molecule has 1 N–H and O–H groups in total. The van der Waals surface area contributed by atoms with Gasteiger partial charge in [0.1, 0.15) is 5.82 Å². The van der Waals surface area contributed by atoms with E-state index in [9.17, 15) is 14.3 Å². The predicted molar refractivity (Wildman–Crippen MR) is 75.9 cm³/mol. The Hall–Kier alpha value is -2.95. The van der Waals surface area contributed by atoms with Crippen molar-refractivity contribution in [2.75, 3.05) is 0 Å². The molecule has 0 atom stereocenters. The molecule has 1 aromatic heterocycles. The molecule has 0 aliphatic rings. The third-order valence-corrected chi connectivity index (χ3v) is 3.07. The van der Waals surface area contributed by atoms with Crippen LogP contribution in [0.15, 0.2) is 60.7 Å². The first kappa shape index (κ1) is 13.1. The zero-order valence-electron chi connectivity index (χ0n) is 10.9. The van der Waals surface area contributed by atoms with Crippen LogP contribution in [0.1, 0.15) is 10.5 Å². The lowest BCUT2D eigenvalue weighted by Crippen LogP contribution is -2.07. The minimum absolute atomic E-state index is 0.0282. The summed E-state index contributed by atoms with van der Waals surface area (Å²) in [6.07, 6.45) is 0. The Balaban J connectivity index is 2.14. The van der Waals surface area contributed by atoms with E-state index in [4.69, 9.17) is 0 Å². The van der Waals surface area contributed by atoms with Crippen molar-refractivity contribution in [3.63, 3.8) is 0 Å². The van der Waals surface area contributed by atoms with E-state index in [0.29, 0.717) is 11.4 Å². The lowest BCUT2D eigenvalue weighted by molar-refractivity contribution is 0.0687. The molecule has 4 nitrogen and oxygen atoms in total. The van der Waals surface area contributed by atoms with E-state index >= 15 is 0 Å². The molecule has 21 heavy (non-hydrogen) atoms. The number of benzene rings is 2. The molecule has 0 spiro atoms. The maximum Gasteiger partial charge on any atom is 0.354 e. The molecule has 0 aliphatic carbocycles. The van der Waals surface area contributed by atoms with Crippen LogP contribution in [-0.2, 0) is 0 Å². The monoisotopic (exact) mass is 282 g/mol. The van der Waals surface area contributed by atoms with Gasteiger partial charge in [0.25, 0.3) is 0 Å². The third kappa shape index (κ3) is 2.53. The lowest BCUT2D eigenvalue weighted by atomic mass is 10.1. The van der Waals surface area contributed by atoms with Crippen molar-refractivity contribution in [1.82, 2.24) is 9.78 Å². The minimum atomic E-state index is -1.09. The number of carboxylic acids is 1. The number of aromatic nitrogens is 2. The van der Waals surface area contributed by atoms with Crippen molar-refractivity contribution in [1.29, 1.82) is 0 Å². The average molecular weight is 282 g/mol. The SMILES string of the molecule is O=C(O)c1cc(-c2ccccc2)nn1-c1ccc(F)cc1. The van der Waals surface area contributed by atoms with Gasteiger partial charge in [0, 0.05) is 5.56 Å². The zero-order valence-corrected chi connectivity index (χ0v) is 10.9. The molecule has 2 aromatic carbocycles. The van der Waals surface area contributed by atoms with Gasteiger partial charge < -0.3 is 5.11 Å². The molecule has 0 saturated carbocycles. The summed E-state index contributed by atoms with van der Waals surface area (Å²) in [5, 5.41) is 13.6. The van der Waals surface area contributed by atoms with E-state index in [1.807, 2.05) is 30.3 Å². The van der Waals surface area contributed by atoms with Crippen LogP contribution in [0.3, 0.4) is 0 Å². The van der Waals surface area contributed by atoms with Crippen LogP contribution >= 0.6 is 0 Å². The van der Waals surface area contributed by atoms with Crippen molar-refractivity contribution in [3.05, 3.63) is 72.2 Å². The van der Waals surface area contributed by atoms with Gasteiger partial charge >= 0.3 is 5.97 Å². The molecule has 0 saturated heterocycles. The van der Waals surface area contributed by atoms with Crippen LogP contribution in [-0.4, -0.2) is 20.9 Å². The molecule has 3 aromatic rings. The van der Waals surface area contributed by atoms with E-state index in [1.165, 1.54) is 35.0 Å². The van der Waals surface area contributed by atoms with Gasteiger partial charge in [0.05, 0.1) is 11.4 Å². The molecular weight excluding hydrogens is 271 g/mol. The summed E-state index contributed by atoms with van der Waals surface area (Å²) in [6.45, 7) is 0. The molecule has 0 fully saturated rings. The summed E-state index contributed by atoms with van der Waals surface area (Å²) in [5.74, 6) is -1.47. The van der Waals surface area contributed by atoms with E-state index < -0.39 is 5.97 Å². The number of rotatable bonds is 3. The standard InChI is InChI=1S/C16H11FN2O2/c17-12-6-8-13(9-7-12)19-15(16(20)21)10-14(18-19)11-4-2-1-3-5-11/h1-10H,(H,20,21). The highest BCUT2D eigenvalue weighted by molar-refractivity contribution is 5.88. The predicted octanol–water partition coefficient (Wildman–Crippen LogP) is 3.38. The molecule has 1 heterocycles. The van der Waals surface area contributed by atoms with E-state index in [0.717, 1.165) is 5.56 Å². The number of hydrogen-bond donors (Lipinski definition) is 1. The Bertz CT molecular complexity index is 780. The number of nitrogens with zero attached hydrogens (tertiary/aromatic N) is 2. The number of carbonyl (C=O) groups is 1. The largest absolute Gasteiger partial charge is 0.477 e. The Kier molecular flexibility index (Phi) is 3.23. The number of aromatic carboxylic acids is 1. The van der Waals surface area contributed by atoms with Crippen molar-refractivity contribution in [2.24, 2.45) is 0 Å². The topological polar surface area (TPSA) is 55.1 Å². The first-order valence-corrected chi connectivity index (χ1v) is 6.30. The van der Waals surface area contributed by atoms with Gasteiger partial charge in [-0.1, -0.05) is 30.3 Å². The third-order valence-electron chi connectivity index (χ3n) is 3.07. The van der Waals surface area contributed by atoms with Gasteiger partial charge in [-0.15, -0.1) is 0 Å². The van der Waals surface area contributed by atoms with E-state index in [-0.39, 0.29) is 11.5 Å². The zero-order chi connectivity index (χ0) is 14.8. The number of hydrogen-bond acceptors (Lipinski definition) is 2. The summed E-state index contributed by atoms with van der Waals surface area (Å²) >= 11 is 0. The van der Waals surface area contributed by atoms with Crippen LogP contribution in [0.4, 0.5) is 4.39 Å². The van der Waals surface area contributed by atoms with Crippen LogP contribution in [0.2, 0.25) is 0 Å². The number of carboxylic acid groups (broad SMARTS) is 1. The molecule has 0 aliphatic heterocycles. The maximum atomic E-state index is 13.0. The Morgan fingerprint density at radius 3 is 2.33 bits per heavy atom. The Morgan fingerprint density at radius 1 is 1.05 bits per heavy atom. The van der Waals surface area contributed by atoms with Crippen LogP contribution in [0.25, 0.3) is 16.9 Å². The van der Waals surface area contributed by atoms with Gasteiger partial charge in [-0.05, 0) is 30.3 Å². The fourth-order valence-electron chi connectivity index (χ4n) is 2.06. The Labute approximate surface area is 120 Å². The van der Waals surface area contributed by atoms with Gasteiger partial charge in [0.2, 0.25) is 0 Å². The van der Waals surface area contributed by atoms with Crippen LogP contribution < -0.4 is 0 Å². The van der Waals surface area contributed by atoms with Gasteiger partial charge in [-0.3, -0.25) is 0 Å². The molecule has 3 rings (SSSR count). The summed E-state index contributed by atoms with van der Waals surface area (Å²) in [7, 11) is 0. The lowest BCUT2D eigenvalue weighted by Gasteiger charge is -2.03. The smallest absolute Gasteiger partial charge is 0.354 e. The van der Waals surface area contributed by atoms with Gasteiger partial charge in [0.15, 0.2) is 5.69 Å². The molecule has 0 amide bonds.